The molecule has 2 aromatic rings. The highest BCUT2D eigenvalue weighted by atomic mass is 79.9. The maximum atomic E-state index is 11.7. The van der Waals surface area contributed by atoms with Gasteiger partial charge in [0.05, 0.1) is 18.0 Å². The van der Waals surface area contributed by atoms with Gasteiger partial charge in [-0.1, -0.05) is 34.1 Å². The highest BCUT2D eigenvalue weighted by Gasteiger charge is 2.09. The fourth-order valence-electron chi connectivity index (χ4n) is 1.42. The molecule has 0 aliphatic rings. The zero-order valence-electron chi connectivity index (χ0n) is 9.68. The maximum Gasteiger partial charge on any atom is 0.274 e. The summed E-state index contributed by atoms with van der Waals surface area (Å²) in [5.41, 5.74) is 3.83. The Hall–Kier alpha value is -1.88. The smallest absolute Gasteiger partial charge is 0.274 e. The first-order chi connectivity index (χ1) is 8.68. The van der Waals surface area contributed by atoms with Gasteiger partial charge in [0.15, 0.2) is 0 Å². The lowest BCUT2D eigenvalue weighted by molar-refractivity contribution is 0.0953. The Morgan fingerprint density at radius 3 is 2.83 bits per heavy atom. The first-order valence-corrected chi connectivity index (χ1v) is 6.10. The minimum Gasteiger partial charge on any atom is -0.469 e. The lowest BCUT2D eigenvalue weighted by atomic mass is 10.2. The molecule has 0 saturated carbocycles. The van der Waals surface area contributed by atoms with Gasteiger partial charge in [0.1, 0.15) is 5.76 Å². The molecule has 92 valence electrons. The third-order valence-electron chi connectivity index (χ3n) is 2.38. The summed E-state index contributed by atoms with van der Waals surface area (Å²) in [6.07, 6.45) is 3.05. The van der Waals surface area contributed by atoms with Crippen LogP contribution in [-0.4, -0.2) is 12.1 Å². The van der Waals surface area contributed by atoms with E-state index < -0.39 is 0 Å². The van der Waals surface area contributed by atoms with Crippen molar-refractivity contribution in [3.63, 3.8) is 0 Å². The summed E-state index contributed by atoms with van der Waals surface area (Å²) in [5.74, 6) is 0.285. The van der Waals surface area contributed by atoms with E-state index in [1.54, 1.807) is 19.2 Å². The van der Waals surface area contributed by atoms with Gasteiger partial charge in [0, 0.05) is 10.0 Å². The lowest BCUT2D eigenvalue weighted by Gasteiger charge is -1.98. The average Bonchev–Trinajstić information content (AvgIpc) is 2.78. The van der Waals surface area contributed by atoms with E-state index in [4.69, 9.17) is 4.42 Å². The normalized spacial score (nSPS) is 10.8. The average molecular weight is 307 g/mol. The fraction of sp³-hybridized carbons (Fsp3) is 0.0769. The number of nitrogens with zero attached hydrogens (tertiary/aromatic N) is 1. The highest BCUT2D eigenvalue weighted by Crippen LogP contribution is 2.13. The number of aryl methyl sites for hydroxylation is 1. The summed E-state index contributed by atoms with van der Waals surface area (Å²) in [5, 5.41) is 3.90. The molecule has 0 atom stereocenters. The number of amides is 1. The third kappa shape index (κ3) is 2.87. The number of halogens is 1. The van der Waals surface area contributed by atoms with Crippen LogP contribution in [0.2, 0.25) is 0 Å². The first-order valence-electron chi connectivity index (χ1n) is 5.30. The number of rotatable bonds is 3. The molecule has 5 heteroatoms. The first kappa shape index (κ1) is 12.6. The molecule has 0 unspecified atom stereocenters. The monoisotopic (exact) mass is 306 g/mol. The van der Waals surface area contributed by atoms with Crippen LogP contribution in [0.15, 0.2) is 50.6 Å². The molecule has 1 N–H and O–H groups in total. The number of furan rings is 1. The van der Waals surface area contributed by atoms with E-state index in [2.05, 4.69) is 26.5 Å². The number of carbonyl (C=O) groups is 1. The van der Waals surface area contributed by atoms with Crippen LogP contribution < -0.4 is 5.43 Å². The summed E-state index contributed by atoms with van der Waals surface area (Å²) < 4.78 is 5.97. The van der Waals surface area contributed by atoms with E-state index in [1.807, 2.05) is 24.3 Å². The topological polar surface area (TPSA) is 54.6 Å². The van der Waals surface area contributed by atoms with Crippen LogP contribution in [-0.2, 0) is 0 Å². The molecule has 0 spiro atoms. The summed E-state index contributed by atoms with van der Waals surface area (Å²) in [4.78, 5) is 11.7. The molecule has 0 saturated heterocycles. The van der Waals surface area contributed by atoms with Crippen molar-refractivity contribution >= 4 is 28.1 Å². The Bertz CT molecular complexity index is 590. The van der Waals surface area contributed by atoms with Crippen molar-refractivity contribution in [3.8, 4) is 0 Å². The molecule has 4 nitrogen and oxygen atoms in total. The molecule has 0 aliphatic carbocycles. The molecule has 0 aliphatic heterocycles. The Balaban J connectivity index is 2.03. The minimum atomic E-state index is -0.287. The van der Waals surface area contributed by atoms with E-state index in [-0.39, 0.29) is 5.91 Å². The summed E-state index contributed by atoms with van der Waals surface area (Å²) in [6.45, 7) is 1.73. The molecule has 0 fully saturated rings. The van der Waals surface area contributed by atoms with Gasteiger partial charge in [-0.2, -0.15) is 5.10 Å². The summed E-state index contributed by atoms with van der Waals surface area (Å²) in [7, 11) is 0. The van der Waals surface area contributed by atoms with Crippen LogP contribution in [0.1, 0.15) is 21.7 Å². The van der Waals surface area contributed by atoms with Crippen molar-refractivity contribution < 1.29 is 9.21 Å². The second-order valence-electron chi connectivity index (χ2n) is 3.61. The molecule has 1 heterocycles. The third-order valence-corrected chi connectivity index (χ3v) is 3.10. The van der Waals surface area contributed by atoms with Crippen LogP contribution in [0.5, 0.6) is 0 Å². The number of benzene rings is 1. The van der Waals surface area contributed by atoms with Gasteiger partial charge < -0.3 is 4.42 Å². The van der Waals surface area contributed by atoms with Gasteiger partial charge in [0.25, 0.3) is 5.91 Å². The zero-order chi connectivity index (χ0) is 13.0. The summed E-state index contributed by atoms with van der Waals surface area (Å²) >= 11 is 3.39. The molecule has 0 radical (unpaired) electrons. The quantitative estimate of drug-likeness (QED) is 0.699. The van der Waals surface area contributed by atoms with Crippen molar-refractivity contribution in [2.75, 3.05) is 0 Å². The van der Waals surface area contributed by atoms with E-state index in [0.717, 1.165) is 10.0 Å². The van der Waals surface area contributed by atoms with Gasteiger partial charge in [0.2, 0.25) is 0 Å². The fourth-order valence-corrected chi connectivity index (χ4v) is 1.81. The lowest BCUT2D eigenvalue weighted by Crippen LogP contribution is -2.17. The number of nitrogens with one attached hydrogen (secondary N) is 1. The molecule has 1 aromatic heterocycles. The van der Waals surface area contributed by atoms with Crippen LogP contribution in [0.3, 0.4) is 0 Å². The standard InChI is InChI=1S/C13H11BrN2O2/c1-9-11(6-7-18-9)13(17)16-15-8-10-4-2-3-5-12(10)14/h2-8H,1H3,(H,16,17)/b15-8+. The number of hydrazone groups is 1. The largest absolute Gasteiger partial charge is 0.469 e. The van der Waals surface area contributed by atoms with E-state index in [9.17, 15) is 4.79 Å². The predicted octanol–water partition coefficient (Wildman–Crippen LogP) is 3.11. The minimum absolute atomic E-state index is 0.287. The van der Waals surface area contributed by atoms with Crippen LogP contribution in [0.4, 0.5) is 0 Å². The second kappa shape index (κ2) is 5.64. The molecule has 1 aromatic carbocycles. The Morgan fingerprint density at radius 2 is 2.17 bits per heavy atom. The Kier molecular flexibility index (Phi) is 3.94. The Morgan fingerprint density at radius 1 is 1.39 bits per heavy atom. The van der Waals surface area contributed by atoms with E-state index in [0.29, 0.717) is 11.3 Å². The van der Waals surface area contributed by atoms with Crippen LogP contribution >= 0.6 is 15.9 Å². The van der Waals surface area contributed by atoms with Crippen molar-refractivity contribution in [1.29, 1.82) is 0 Å². The predicted molar refractivity (Wildman–Crippen MR) is 72.6 cm³/mol. The zero-order valence-corrected chi connectivity index (χ0v) is 11.3. The molecule has 2 rings (SSSR count). The van der Waals surface area contributed by atoms with Crippen molar-refractivity contribution in [1.82, 2.24) is 5.43 Å². The number of carbonyl (C=O) groups excluding carboxylic acids is 1. The second-order valence-corrected chi connectivity index (χ2v) is 4.47. The van der Waals surface area contributed by atoms with E-state index >= 15 is 0 Å². The maximum absolute atomic E-state index is 11.7. The molecular weight excluding hydrogens is 296 g/mol. The van der Waals surface area contributed by atoms with E-state index in [1.165, 1.54) is 6.26 Å². The molecule has 1 amide bonds. The molecule has 0 bridgehead atoms. The summed E-state index contributed by atoms with van der Waals surface area (Å²) in [6, 6.07) is 9.22. The molecular formula is C13H11BrN2O2. The molecule has 18 heavy (non-hydrogen) atoms. The SMILES string of the molecule is Cc1occc1C(=O)N/N=C/c1ccccc1Br. The highest BCUT2D eigenvalue weighted by molar-refractivity contribution is 9.10. The van der Waals surface area contributed by atoms with Gasteiger partial charge in [-0.25, -0.2) is 5.43 Å². The number of hydrogen-bond donors (Lipinski definition) is 1. The van der Waals surface area contributed by atoms with Crippen molar-refractivity contribution in [2.24, 2.45) is 5.10 Å². The van der Waals surface area contributed by atoms with Gasteiger partial charge >= 0.3 is 0 Å². The van der Waals surface area contributed by atoms with Crippen molar-refractivity contribution in [3.05, 3.63) is 58.0 Å². The Labute approximate surface area is 113 Å². The number of hydrogen-bond acceptors (Lipinski definition) is 3. The van der Waals surface area contributed by atoms with Crippen LogP contribution in [0.25, 0.3) is 0 Å². The van der Waals surface area contributed by atoms with Crippen LogP contribution in [0, 0.1) is 6.92 Å². The van der Waals surface area contributed by atoms with Crippen molar-refractivity contribution in [2.45, 2.75) is 6.92 Å². The van der Waals surface area contributed by atoms with Gasteiger partial charge in [-0.05, 0) is 19.1 Å². The van der Waals surface area contributed by atoms with Gasteiger partial charge in [-0.3, -0.25) is 4.79 Å². The van der Waals surface area contributed by atoms with Gasteiger partial charge in [-0.15, -0.1) is 0 Å².